The number of nitrogens with one attached hydrogen (secondary N) is 2. The summed E-state index contributed by atoms with van der Waals surface area (Å²) in [6.45, 7) is 5.64. The minimum atomic E-state index is -0.459. The molecular formula is C22H24N4O2. The molecule has 6 nitrogen and oxygen atoms in total. The molecule has 0 spiro atoms. The highest BCUT2D eigenvalue weighted by molar-refractivity contribution is 5.95. The summed E-state index contributed by atoms with van der Waals surface area (Å²) in [5.41, 5.74) is 2.73. The van der Waals surface area contributed by atoms with Crippen molar-refractivity contribution in [3.63, 3.8) is 0 Å². The lowest BCUT2D eigenvalue weighted by Crippen LogP contribution is -2.27. The van der Waals surface area contributed by atoms with Crippen molar-refractivity contribution in [1.29, 1.82) is 0 Å². The Morgan fingerprint density at radius 2 is 1.71 bits per heavy atom. The number of amides is 1. The molecule has 1 heterocycles. The van der Waals surface area contributed by atoms with Crippen molar-refractivity contribution in [3.05, 3.63) is 60.9 Å². The van der Waals surface area contributed by atoms with Crippen molar-refractivity contribution in [2.24, 2.45) is 5.41 Å². The van der Waals surface area contributed by atoms with Gasteiger partial charge in [0.2, 0.25) is 5.91 Å². The molecule has 28 heavy (non-hydrogen) atoms. The quantitative estimate of drug-likeness (QED) is 0.664. The molecule has 1 amide bonds. The highest BCUT2D eigenvalue weighted by Crippen LogP contribution is 2.29. The third-order valence-corrected chi connectivity index (χ3v) is 4.12. The molecule has 0 atom stereocenters. The zero-order chi connectivity index (χ0) is 20.1. The van der Waals surface area contributed by atoms with E-state index in [1.54, 1.807) is 7.11 Å². The lowest BCUT2D eigenvalue weighted by molar-refractivity contribution is -0.123. The molecule has 0 aliphatic rings. The summed E-state index contributed by atoms with van der Waals surface area (Å²) in [4.78, 5) is 20.9. The number of rotatable bonds is 5. The lowest BCUT2D eigenvalue weighted by Gasteiger charge is -2.18. The van der Waals surface area contributed by atoms with Gasteiger partial charge in [-0.3, -0.25) is 4.79 Å². The van der Waals surface area contributed by atoms with E-state index in [1.807, 2.05) is 75.4 Å². The van der Waals surface area contributed by atoms with E-state index in [0.717, 1.165) is 28.4 Å². The van der Waals surface area contributed by atoms with Gasteiger partial charge in [-0.05, 0) is 30.3 Å². The molecule has 0 bridgehead atoms. The number of benzene rings is 2. The standard InChI is InChI=1S/C22H24N4O2/c1-22(2,3)21(27)26-16-9-7-8-15(12-16)25-20-13-18(23-14-24-20)17-10-5-6-11-19(17)28-4/h5-14H,1-4H3,(H,26,27)(H,23,24,25). The van der Waals surface area contributed by atoms with Gasteiger partial charge in [0, 0.05) is 28.4 Å². The first kappa shape index (κ1) is 19.4. The van der Waals surface area contributed by atoms with E-state index in [-0.39, 0.29) is 5.91 Å². The van der Waals surface area contributed by atoms with Gasteiger partial charge in [0.15, 0.2) is 0 Å². The second-order valence-electron chi connectivity index (χ2n) is 7.40. The normalized spacial score (nSPS) is 11.0. The molecule has 2 aromatic carbocycles. The molecule has 3 rings (SSSR count). The predicted molar refractivity (Wildman–Crippen MR) is 112 cm³/mol. The average molecular weight is 376 g/mol. The molecular weight excluding hydrogens is 352 g/mol. The van der Waals surface area contributed by atoms with Crippen LogP contribution in [0.3, 0.4) is 0 Å². The van der Waals surface area contributed by atoms with Gasteiger partial charge in [0.25, 0.3) is 0 Å². The lowest BCUT2D eigenvalue weighted by atomic mass is 9.95. The molecule has 1 aromatic heterocycles. The summed E-state index contributed by atoms with van der Waals surface area (Å²) >= 11 is 0. The highest BCUT2D eigenvalue weighted by Gasteiger charge is 2.21. The fourth-order valence-corrected chi connectivity index (χ4v) is 2.57. The van der Waals surface area contributed by atoms with Crippen LogP contribution in [0.5, 0.6) is 5.75 Å². The summed E-state index contributed by atoms with van der Waals surface area (Å²) in [6, 6.07) is 17.1. The van der Waals surface area contributed by atoms with Crippen molar-refractivity contribution >= 4 is 23.1 Å². The van der Waals surface area contributed by atoms with Crippen LogP contribution in [0, 0.1) is 5.41 Å². The Balaban J connectivity index is 1.81. The van der Waals surface area contributed by atoms with Crippen molar-refractivity contribution in [2.75, 3.05) is 17.7 Å². The molecule has 0 saturated carbocycles. The van der Waals surface area contributed by atoms with Gasteiger partial charge in [0.05, 0.1) is 12.8 Å². The van der Waals surface area contributed by atoms with Gasteiger partial charge in [-0.25, -0.2) is 9.97 Å². The van der Waals surface area contributed by atoms with Crippen molar-refractivity contribution in [2.45, 2.75) is 20.8 Å². The maximum absolute atomic E-state index is 12.2. The molecule has 0 radical (unpaired) electrons. The van der Waals surface area contributed by atoms with Gasteiger partial charge in [-0.2, -0.15) is 0 Å². The molecule has 6 heteroatoms. The Morgan fingerprint density at radius 3 is 2.46 bits per heavy atom. The third-order valence-electron chi connectivity index (χ3n) is 4.12. The summed E-state index contributed by atoms with van der Waals surface area (Å²) in [5, 5.41) is 6.19. The van der Waals surface area contributed by atoms with Gasteiger partial charge >= 0.3 is 0 Å². The smallest absolute Gasteiger partial charge is 0.229 e. The van der Waals surface area contributed by atoms with E-state index in [1.165, 1.54) is 6.33 Å². The number of carbonyl (C=O) groups excluding carboxylic acids is 1. The van der Waals surface area contributed by atoms with Gasteiger partial charge in [-0.15, -0.1) is 0 Å². The van der Waals surface area contributed by atoms with Crippen molar-refractivity contribution < 1.29 is 9.53 Å². The van der Waals surface area contributed by atoms with Crippen LogP contribution in [-0.4, -0.2) is 23.0 Å². The maximum atomic E-state index is 12.2. The Labute approximate surface area is 165 Å². The van der Waals surface area contributed by atoms with Crippen LogP contribution in [0.2, 0.25) is 0 Å². The van der Waals surface area contributed by atoms with Crippen LogP contribution in [0.25, 0.3) is 11.3 Å². The van der Waals surface area contributed by atoms with Crippen LogP contribution in [0.1, 0.15) is 20.8 Å². The van der Waals surface area contributed by atoms with Crippen LogP contribution in [0.4, 0.5) is 17.2 Å². The zero-order valence-electron chi connectivity index (χ0n) is 16.5. The zero-order valence-corrected chi connectivity index (χ0v) is 16.5. The summed E-state index contributed by atoms with van der Waals surface area (Å²) < 4.78 is 5.42. The molecule has 0 aliphatic heterocycles. The number of methoxy groups -OCH3 is 1. The van der Waals surface area contributed by atoms with E-state index >= 15 is 0 Å². The minimum Gasteiger partial charge on any atom is -0.496 e. The van der Waals surface area contributed by atoms with E-state index in [2.05, 4.69) is 20.6 Å². The predicted octanol–water partition coefficient (Wildman–Crippen LogP) is 4.88. The minimum absolute atomic E-state index is 0.0369. The topological polar surface area (TPSA) is 76.1 Å². The van der Waals surface area contributed by atoms with Crippen molar-refractivity contribution in [1.82, 2.24) is 9.97 Å². The second kappa shape index (κ2) is 8.08. The largest absolute Gasteiger partial charge is 0.496 e. The number of hydrogen-bond donors (Lipinski definition) is 2. The number of aromatic nitrogens is 2. The number of hydrogen-bond acceptors (Lipinski definition) is 5. The number of carbonyl (C=O) groups is 1. The SMILES string of the molecule is COc1ccccc1-c1cc(Nc2cccc(NC(=O)C(C)(C)C)c2)ncn1. The number of anilines is 3. The Kier molecular flexibility index (Phi) is 5.59. The molecule has 0 fully saturated rings. The number of nitrogens with zero attached hydrogens (tertiary/aromatic N) is 2. The van der Waals surface area contributed by atoms with Crippen LogP contribution in [-0.2, 0) is 4.79 Å². The van der Waals surface area contributed by atoms with E-state index in [9.17, 15) is 4.79 Å². The number of ether oxygens (including phenoxy) is 1. The summed E-state index contributed by atoms with van der Waals surface area (Å²) in [5.74, 6) is 1.36. The monoisotopic (exact) mass is 376 g/mol. The van der Waals surface area contributed by atoms with E-state index in [0.29, 0.717) is 5.82 Å². The van der Waals surface area contributed by atoms with E-state index < -0.39 is 5.41 Å². The van der Waals surface area contributed by atoms with Gasteiger partial charge in [-0.1, -0.05) is 39.0 Å². The molecule has 0 saturated heterocycles. The van der Waals surface area contributed by atoms with Crippen LogP contribution < -0.4 is 15.4 Å². The Hall–Kier alpha value is -3.41. The van der Waals surface area contributed by atoms with Crippen LogP contribution in [0.15, 0.2) is 60.9 Å². The average Bonchev–Trinajstić information content (AvgIpc) is 2.67. The first-order chi connectivity index (χ1) is 13.4. The molecule has 2 N–H and O–H groups in total. The van der Waals surface area contributed by atoms with Crippen LogP contribution >= 0.6 is 0 Å². The van der Waals surface area contributed by atoms with Gasteiger partial charge < -0.3 is 15.4 Å². The van der Waals surface area contributed by atoms with E-state index in [4.69, 9.17) is 4.74 Å². The van der Waals surface area contributed by atoms with Gasteiger partial charge in [0.1, 0.15) is 17.9 Å². The summed E-state index contributed by atoms with van der Waals surface area (Å²) in [6.07, 6.45) is 1.51. The first-order valence-corrected chi connectivity index (χ1v) is 9.01. The Bertz CT molecular complexity index is 980. The molecule has 0 aliphatic carbocycles. The first-order valence-electron chi connectivity index (χ1n) is 9.01. The fourth-order valence-electron chi connectivity index (χ4n) is 2.57. The Morgan fingerprint density at radius 1 is 0.964 bits per heavy atom. The highest BCUT2D eigenvalue weighted by atomic mass is 16.5. The molecule has 144 valence electrons. The maximum Gasteiger partial charge on any atom is 0.229 e. The molecule has 0 unspecified atom stereocenters. The second-order valence-corrected chi connectivity index (χ2v) is 7.40. The van der Waals surface area contributed by atoms with Crippen molar-refractivity contribution in [3.8, 4) is 17.0 Å². The summed E-state index contributed by atoms with van der Waals surface area (Å²) in [7, 11) is 1.64. The third kappa shape index (κ3) is 4.65. The number of para-hydroxylation sites is 1. The fraction of sp³-hybridized carbons (Fsp3) is 0.227. The molecule has 3 aromatic rings.